The molecule has 90 valence electrons. The van der Waals surface area contributed by atoms with E-state index in [2.05, 4.69) is 5.32 Å². The van der Waals surface area contributed by atoms with Gasteiger partial charge in [0, 0.05) is 19.7 Å². The van der Waals surface area contributed by atoms with Gasteiger partial charge in [0.05, 0.1) is 12.6 Å². The van der Waals surface area contributed by atoms with Gasteiger partial charge in [-0.1, -0.05) is 6.42 Å². The van der Waals surface area contributed by atoms with E-state index in [-0.39, 0.29) is 12.1 Å². The van der Waals surface area contributed by atoms with Crippen LogP contribution < -0.4 is 5.32 Å². The second-order valence-corrected chi connectivity index (χ2v) is 5.54. The lowest BCUT2D eigenvalue weighted by Crippen LogP contribution is -2.45. The number of ether oxygens (including phenoxy) is 1. The van der Waals surface area contributed by atoms with E-state index in [9.17, 15) is 4.79 Å². The molecule has 2 amide bonds. The molecule has 3 aliphatic rings. The molecule has 1 unspecified atom stereocenters. The molecular weight excluding hydrogens is 204 g/mol. The number of likely N-dealkylation sites (tertiary alicyclic amines) is 1. The third-order valence-corrected chi connectivity index (χ3v) is 4.40. The minimum atomic E-state index is 0.124. The first kappa shape index (κ1) is 10.4. The molecule has 1 atom stereocenters. The van der Waals surface area contributed by atoms with Gasteiger partial charge in [-0.15, -0.1) is 0 Å². The van der Waals surface area contributed by atoms with E-state index in [1.165, 1.54) is 25.7 Å². The van der Waals surface area contributed by atoms with Gasteiger partial charge in [-0.05, 0) is 31.1 Å². The third-order valence-electron chi connectivity index (χ3n) is 4.40. The zero-order valence-corrected chi connectivity index (χ0v) is 9.71. The highest BCUT2D eigenvalue weighted by Gasteiger charge is 2.44. The first-order valence-electron chi connectivity index (χ1n) is 6.41. The number of rotatable bonds is 1. The molecule has 2 heterocycles. The van der Waals surface area contributed by atoms with Crippen LogP contribution in [0.4, 0.5) is 4.79 Å². The topological polar surface area (TPSA) is 41.6 Å². The molecule has 0 aromatic heterocycles. The van der Waals surface area contributed by atoms with Crippen molar-refractivity contribution in [3.8, 4) is 0 Å². The van der Waals surface area contributed by atoms with Crippen molar-refractivity contribution in [1.82, 2.24) is 10.2 Å². The zero-order chi connectivity index (χ0) is 11.0. The fourth-order valence-electron chi connectivity index (χ4n) is 3.11. The summed E-state index contributed by atoms with van der Waals surface area (Å²) in [6, 6.07) is 0.365. The van der Waals surface area contributed by atoms with Crippen molar-refractivity contribution in [2.75, 3.05) is 26.3 Å². The van der Waals surface area contributed by atoms with Crippen LogP contribution in [-0.4, -0.2) is 43.3 Å². The largest absolute Gasteiger partial charge is 0.379 e. The number of nitrogens with one attached hydrogen (secondary N) is 1. The van der Waals surface area contributed by atoms with Gasteiger partial charge in [-0.3, -0.25) is 0 Å². The lowest BCUT2D eigenvalue weighted by molar-refractivity contribution is 0.139. The van der Waals surface area contributed by atoms with Crippen LogP contribution in [-0.2, 0) is 4.74 Å². The van der Waals surface area contributed by atoms with E-state index in [0.717, 1.165) is 26.1 Å². The average molecular weight is 224 g/mol. The number of carbonyl (C=O) groups excluding carboxylic acids is 1. The number of hydrogen-bond donors (Lipinski definition) is 1. The Labute approximate surface area is 96.3 Å². The number of carbonyl (C=O) groups is 1. The molecule has 0 aromatic carbocycles. The Morgan fingerprint density at radius 2 is 2.25 bits per heavy atom. The fourth-order valence-corrected chi connectivity index (χ4v) is 3.11. The summed E-state index contributed by atoms with van der Waals surface area (Å²) in [4.78, 5) is 14.0. The van der Waals surface area contributed by atoms with Gasteiger partial charge >= 0.3 is 6.03 Å². The molecule has 4 nitrogen and oxygen atoms in total. The van der Waals surface area contributed by atoms with Crippen molar-refractivity contribution >= 4 is 6.03 Å². The molecule has 2 aliphatic heterocycles. The molecule has 16 heavy (non-hydrogen) atoms. The smallest absolute Gasteiger partial charge is 0.317 e. The SMILES string of the molecule is O=C(NC1CCOC1)N1CCC2(CCC2)C1. The van der Waals surface area contributed by atoms with Crippen LogP contribution in [0.2, 0.25) is 0 Å². The van der Waals surface area contributed by atoms with Crippen molar-refractivity contribution < 1.29 is 9.53 Å². The van der Waals surface area contributed by atoms with Crippen molar-refractivity contribution in [3.63, 3.8) is 0 Å². The highest BCUT2D eigenvalue weighted by Crippen LogP contribution is 2.47. The van der Waals surface area contributed by atoms with Gasteiger partial charge in [-0.25, -0.2) is 4.79 Å². The monoisotopic (exact) mass is 224 g/mol. The van der Waals surface area contributed by atoms with Crippen LogP contribution in [0, 0.1) is 5.41 Å². The number of nitrogens with zero attached hydrogens (tertiary/aromatic N) is 1. The summed E-state index contributed by atoms with van der Waals surface area (Å²) in [7, 11) is 0. The molecule has 3 fully saturated rings. The summed E-state index contributed by atoms with van der Waals surface area (Å²) in [5.41, 5.74) is 0.503. The Kier molecular flexibility index (Phi) is 2.54. The Balaban J connectivity index is 1.51. The molecule has 1 saturated carbocycles. The molecule has 0 bridgehead atoms. The predicted octanol–water partition coefficient (Wildman–Crippen LogP) is 1.36. The van der Waals surface area contributed by atoms with Crippen LogP contribution >= 0.6 is 0 Å². The van der Waals surface area contributed by atoms with Crippen LogP contribution in [0.1, 0.15) is 32.1 Å². The molecule has 3 rings (SSSR count). The highest BCUT2D eigenvalue weighted by atomic mass is 16.5. The molecule has 0 radical (unpaired) electrons. The molecule has 2 saturated heterocycles. The molecule has 1 spiro atoms. The minimum Gasteiger partial charge on any atom is -0.379 e. The van der Waals surface area contributed by atoms with Crippen molar-refractivity contribution in [2.24, 2.45) is 5.41 Å². The van der Waals surface area contributed by atoms with Crippen LogP contribution in [0.3, 0.4) is 0 Å². The summed E-state index contributed by atoms with van der Waals surface area (Å²) in [6.45, 7) is 3.39. The van der Waals surface area contributed by atoms with E-state index in [0.29, 0.717) is 12.0 Å². The third kappa shape index (κ3) is 1.79. The summed E-state index contributed by atoms with van der Waals surface area (Å²) in [5, 5.41) is 3.07. The second kappa shape index (κ2) is 3.91. The highest BCUT2D eigenvalue weighted by molar-refractivity contribution is 5.75. The summed E-state index contributed by atoms with van der Waals surface area (Å²) in [6.07, 6.45) is 6.17. The average Bonchev–Trinajstić information content (AvgIpc) is 2.83. The van der Waals surface area contributed by atoms with E-state index in [4.69, 9.17) is 4.74 Å². The lowest BCUT2D eigenvalue weighted by Gasteiger charge is -2.38. The normalized spacial score (nSPS) is 31.8. The summed E-state index contributed by atoms with van der Waals surface area (Å²) >= 11 is 0. The predicted molar refractivity (Wildman–Crippen MR) is 60.2 cm³/mol. The van der Waals surface area contributed by atoms with E-state index < -0.39 is 0 Å². The fraction of sp³-hybridized carbons (Fsp3) is 0.917. The van der Waals surface area contributed by atoms with Gasteiger partial charge in [0.1, 0.15) is 0 Å². The number of amides is 2. The first-order chi connectivity index (χ1) is 7.77. The van der Waals surface area contributed by atoms with Crippen LogP contribution in [0.5, 0.6) is 0 Å². The molecular formula is C12H20N2O2. The van der Waals surface area contributed by atoms with E-state index in [1.54, 1.807) is 0 Å². The van der Waals surface area contributed by atoms with Crippen molar-refractivity contribution in [2.45, 2.75) is 38.1 Å². The van der Waals surface area contributed by atoms with Gasteiger partial charge in [0.2, 0.25) is 0 Å². The molecule has 4 heteroatoms. The van der Waals surface area contributed by atoms with E-state index in [1.807, 2.05) is 4.90 Å². The lowest BCUT2D eigenvalue weighted by atomic mass is 9.68. The second-order valence-electron chi connectivity index (χ2n) is 5.54. The quantitative estimate of drug-likeness (QED) is 0.730. The van der Waals surface area contributed by atoms with Gasteiger partial charge in [0.15, 0.2) is 0 Å². The van der Waals surface area contributed by atoms with Crippen molar-refractivity contribution in [1.29, 1.82) is 0 Å². The van der Waals surface area contributed by atoms with Gasteiger partial charge < -0.3 is 15.0 Å². The Morgan fingerprint density at radius 3 is 2.81 bits per heavy atom. The van der Waals surface area contributed by atoms with Gasteiger partial charge in [0.25, 0.3) is 0 Å². The first-order valence-corrected chi connectivity index (χ1v) is 6.41. The standard InChI is InChI=1S/C12H20N2O2/c15-11(13-10-2-7-16-8-10)14-6-5-12(9-14)3-1-4-12/h10H,1-9H2,(H,13,15). The minimum absolute atomic E-state index is 0.124. The maximum atomic E-state index is 12.0. The Bertz CT molecular complexity index is 283. The maximum Gasteiger partial charge on any atom is 0.317 e. The molecule has 1 N–H and O–H groups in total. The summed E-state index contributed by atoms with van der Waals surface area (Å²) in [5.74, 6) is 0. The number of hydrogen-bond acceptors (Lipinski definition) is 2. The molecule has 1 aliphatic carbocycles. The van der Waals surface area contributed by atoms with Crippen LogP contribution in [0.25, 0.3) is 0 Å². The van der Waals surface area contributed by atoms with E-state index >= 15 is 0 Å². The maximum absolute atomic E-state index is 12.0. The van der Waals surface area contributed by atoms with Crippen LogP contribution in [0.15, 0.2) is 0 Å². The summed E-state index contributed by atoms with van der Waals surface area (Å²) < 4.78 is 5.26. The Morgan fingerprint density at radius 1 is 1.38 bits per heavy atom. The van der Waals surface area contributed by atoms with Crippen molar-refractivity contribution in [3.05, 3.63) is 0 Å². The zero-order valence-electron chi connectivity index (χ0n) is 9.71. The number of urea groups is 1. The molecule has 0 aromatic rings. The Hall–Kier alpha value is -0.770. The van der Waals surface area contributed by atoms with Gasteiger partial charge in [-0.2, -0.15) is 0 Å².